The molecular weight excluding hydrogens is 294 g/mol. The van der Waals surface area contributed by atoms with Gasteiger partial charge in [0, 0.05) is 6.04 Å². The Balaban J connectivity index is 4.66. The fraction of sp³-hybridized carbons (Fsp3) is 0.692. The molecule has 126 valence electrons. The van der Waals surface area contributed by atoms with Gasteiger partial charge in [0.25, 0.3) is 0 Å². The Morgan fingerprint density at radius 1 is 1.05 bits per heavy atom. The monoisotopic (exact) mass is 317 g/mol. The molecule has 4 N–H and O–H groups in total. The number of nitrogens with zero attached hydrogens (tertiary/aromatic N) is 1. The lowest BCUT2D eigenvalue weighted by Gasteiger charge is -2.22. The van der Waals surface area contributed by atoms with Gasteiger partial charge in [-0.1, -0.05) is 0 Å². The number of hydrogen-bond donors (Lipinski definition) is 4. The third kappa shape index (κ3) is 9.03. The number of rotatable bonds is 11. The third-order valence-corrected chi connectivity index (χ3v) is 2.99. The van der Waals surface area contributed by atoms with E-state index in [0.717, 1.165) is 4.90 Å². The Morgan fingerprint density at radius 2 is 1.55 bits per heavy atom. The van der Waals surface area contributed by atoms with Gasteiger partial charge < -0.3 is 20.8 Å². The van der Waals surface area contributed by atoms with Crippen molar-refractivity contribution in [2.45, 2.75) is 32.4 Å². The number of ketones is 1. The molecule has 0 aromatic rings. The number of carbonyl (C=O) groups is 4. The Morgan fingerprint density at radius 3 is 1.91 bits per heavy atom. The van der Waals surface area contributed by atoms with Gasteiger partial charge in [0.2, 0.25) is 5.91 Å². The van der Waals surface area contributed by atoms with Gasteiger partial charge in [0.15, 0.2) is 5.78 Å². The minimum atomic E-state index is -1.24. The predicted molar refractivity (Wildman–Crippen MR) is 77.5 cm³/mol. The fourth-order valence-corrected chi connectivity index (χ4v) is 1.79. The molecule has 0 aromatic heterocycles. The van der Waals surface area contributed by atoms with Crippen molar-refractivity contribution in [1.82, 2.24) is 15.5 Å². The maximum absolute atomic E-state index is 11.9. The van der Waals surface area contributed by atoms with Crippen molar-refractivity contribution in [3.8, 4) is 0 Å². The van der Waals surface area contributed by atoms with Gasteiger partial charge in [0.05, 0.1) is 25.7 Å². The number of nitrogens with one attached hydrogen (secondary N) is 2. The highest BCUT2D eigenvalue weighted by molar-refractivity contribution is 5.88. The van der Waals surface area contributed by atoms with E-state index in [1.165, 1.54) is 6.92 Å². The molecule has 0 aromatic carbocycles. The summed E-state index contributed by atoms with van der Waals surface area (Å²) in [7, 11) is 1.73. The van der Waals surface area contributed by atoms with Crippen LogP contribution in [-0.2, 0) is 19.2 Å². The first-order chi connectivity index (χ1) is 10.1. The van der Waals surface area contributed by atoms with Crippen LogP contribution in [0.2, 0.25) is 0 Å². The zero-order chi connectivity index (χ0) is 17.3. The van der Waals surface area contributed by atoms with Crippen LogP contribution in [0.3, 0.4) is 0 Å². The molecule has 0 radical (unpaired) electrons. The molecule has 0 spiro atoms. The summed E-state index contributed by atoms with van der Waals surface area (Å²) in [4.78, 5) is 45.7. The quantitative estimate of drug-likeness (QED) is 0.362. The molecule has 1 amide bonds. The summed E-state index contributed by atoms with van der Waals surface area (Å²) in [5, 5.41) is 22.9. The molecule has 9 nitrogen and oxygen atoms in total. The molecule has 0 saturated heterocycles. The van der Waals surface area contributed by atoms with Crippen molar-refractivity contribution in [3.05, 3.63) is 0 Å². The molecule has 0 aliphatic heterocycles. The number of Topliss-reactive ketones (excluding diaryl/α,β-unsaturated/α-hetero) is 1. The van der Waals surface area contributed by atoms with E-state index in [0.29, 0.717) is 6.42 Å². The van der Waals surface area contributed by atoms with Crippen LogP contribution in [0.5, 0.6) is 0 Å². The van der Waals surface area contributed by atoms with Gasteiger partial charge in [-0.05, 0) is 27.3 Å². The van der Waals surface area contributed by atoms with Crippen LogP contribution in [-0.4, -0.2) is 77.5 Å². The topological polar surface area (TPSA) is 136 Å². The van der Waals surface area contributed by atoms with Crippen LogP contribution in [0.4, 0.5) is 0 Å². The molecular formula is C13H23N3O6. The summed E-state index contributed by atoms with van der Waals surface area (Å²) in [6, 6.07) is -0.699. The highest BCUT2D eigenvalue weighted by Gasteiger charge is 2.22. The number of amides is 1. The zero-order valence-corrected chi connectivity index (χ0v) is 13.0. The van der Waals surface area contributed by atoms with Crippen LogP contribution in [0, 0.1) is 0 Å². The van der Waals surface area contributed by atoms with E-state index in [1.807, 2.05) is 6.92 Å². The molecule has 9 heteroatoms. The number of aliphatic carboxylic acids is 2. The van der Waals surface area contributed by atoms with Crippen molar-refractivity contribution < 1.29 is 29.4 Å². The van der Waals surface area contributed by atoms with Crippen molar-refractivity contribution in [3.63, 3.8) is 0 Å². The second-order valence-corrected chi connectivity index (χ2v) is 5.09. The van der Waals surface area contributed by atoms with Crippen LogP contribution in [0.25, 0.3) is 0 Å². The van der Waals surface area contributed by atoms with Crippen LogP contribution in [0.15, 0.2) is 0 Å². The number of hydrogen-bond acceptors (Lipinski definition) is 6. The average Bonchev–Trinajstić information content (AvgIpc) is 2.35. The molecule has 2 unspecified atom stereocenters. The first-order valence-corrected chi connectivity index (χ1v) is 6.78. The molecule has 2 atom stereocenters. The first kappa shape index (κ1) is 20.0. The van der Waals surface area contributed by atoms with E-state index in [1.54, 1.807) is 7.05 Å². The van der Waals surface area contributed by atoms with E-state index in [9.17, 15) is 19.2 Å². The standard InChI is InChI=1S/C13H23N3O6/c1-8(14-3)4-10(9(2)17)15-11(18)5-16(6-12(19)20)7-13(21)22/h8,10,14H,4-7H2,1-3H3,(H,15,18)(H,19,20)(H,21,22). The Labute approximate surface area is 128 Å². The summed E-state index contributed by atoms with van der Waals surface area (Å²) in [6.07, 6.45) is 0.384. The normalized spacial score (nSPS) is 13.5. The summed E-state index contributed by atoms with van der Waals surface area (Å²) >= 11 is 0. The maximum Gasteiger partial charge on any atom is 0.317 e. The average molecular weight is 317 g/mol. The Hall–Kier alpha value is -2.00. The van der Waals surface area contributed by atoms with Gasteiger partial charge in [-0.25, -0.2) is 0 Å². The molecule has 0 fully saturated rings. The van der Waals surface area contributed by atoms with Crippen LogP contribution < -0.4 is 10.6 Å². The van der Waals surface area contributed by atoms with E-state index >= 15 is 0 Å². The molecule has 0 bridgehead atoms. The highest BCUT2D eigenvalue weighted by Crippen LogP contribution is 2.00. The van der Waals surface area contributed by atoms with Crippen LogP contribution in [0.1, 0.15) is 20.3 Å². The van der Waals surface area contributed by atoms with E-state index in [2.05, 4.69) is 10.6 Å². The highest BCUT2D eigenvalue weighted by atomic mass is 16.4. The molecule has 0 saturated carbocycles. The predicted octanol–water partition coefficient (Wildman–Crippen LogP) is -1.47. The SMILES string of the molecule is CNC(C)CC(NC(=O)CN(CC(=O)O)CC(=O)O)C(C)=O. The van der Waals surface area contributed by atoms with Gasteiger partial charge in [-0.3, -0.25) is 24.1 Å². The van der Waals surface area contributed by atoms with Crippen molar-refractivity contribution in [2.24, 2.45) is 0 Å². The van der Waals surface area contributed by atoms with Crippen molar-refractivity contribution in [1.29, 1.82) is 0 Å². The Bertz CT molecular complexity index is 410. The molecule has 0 aliphatic carbocycles. The lowest BCUT2D eigenvalue weighted by Crippen LogP contribution is -2.48. The fourth-order valence-electron chi connectivity index (χ4n) is 1.79. The number of carboxylic acid groups (broad SMARTS) is 2. The smallest absolute Gasteiger partial charge is 0.317 e. The largest absolute Gasteiger partial charge is 0.480 e. The van der Waals surface area contributed by atoms with E-state index < -0.39 is 43.5 Å². The number of carbonyl (C=O) groups excluding carboxylic acids is 2. The molecule has 0 rings (SSSR count). The number of carboxylic acids is 2. The van der Waals surface area contributed by atoms with Gasteiger partial charge >= 0.3 is 11.9 Å². The summed E-state index contributed by atoms with van der Waals surface area (Å²) in [5.41, 5.74) is 0. The first-order valence-electron chi connectivity index (χ1n) is 6.78. The van der Waals surface area contributed by atoms with Crippen LogP contribution >= 0.6 is 0 Å². The Kier molecular flexibility index (Phi) is 8.95. The second kappa shape index (κ2) is 9.85. The van der Waals surface area contributed by atoms with Gasteiger partial charge in [-0.2, -0.15) is 0 Å². The van der Waals surface area contributed by atoms with Gasteiger partial charge in [-0.15, -0.1) is 0 Å². The molecule has 0 heterocycles. The maximum atomic E-state index is 11.9. The summed E-state index contributed by atoms with van der Waals surface area (Å²) in [6.45, 7) is 1.65. The minimum absolute atomic E-state index is 0.00309. The zero-order valence-electron chi connectivity index (χ0n) is 13.0. The lowest BCUT2D eigenvalue weighted by atomic mass is 10.1. The third-order valence-electron chi connectivity index (χ3n) is 2.99. The van der Waals surface area contributed by atoms with Crippen molar-refractivity contribution in [2.75, 3.05) is 26.7 Å². The van der Waals surface area contributed by atoms with E-state index in [-0.39, 0.29) is 11.8 Å². The van der Waals surface area contributed by atoms with E-state index in [4.69, 9.17) is 10.2 Å². The molecule has 22 heavy (non-hydrogen) atoms. The summed E-state index contributed by atoms with van der Waals surface area (Å²) < 4.78 is 0. The molecule has 0 aliphatic rings. The summed E-state index contributed by atoms with van der Waals surface area (Å²) in [5.74, 6) is -3.29. The second-order valence-electron chi connectivity index (χ2n) is 5.09. The van der Waals surface area contributed by atoms with Gasteiger partial charge in [0.1, 0.15) is 0 Å². The minimum Gasteiger partial charge on any atom is -0.480 e. The lowest BCUT2D eigenvalue weighted by molar-refractivity contribution is -0.142. The van der Waals surface area contributed by atoms with Crippen molar-refractivity contribution >= 4 is 23.6 Å².